The standard InChI is InChI=1S/C25H27F3N2O5/c1-4-13-23(2,21(32)33)29-20(31)24(3,25(26,27)28)30-22(34)35-14-19-17-11-7-5-9-15(17)16-10-6-8-12-18(16)19/h5-12,19H,4,13-14H2,1-3H3,(H,29,31)(H,30,34)(H,32,33). The van der Waals surface area contributed by atoms with E-state index >= 15 is 0 Å². The lowest BCUT2D eigenvalue weighted by molar-refractivity contribution is -0.195. The number of hydrogen-bond acceptors (Lipinski definition) is 4. The first-order chi connectivity index (χ1) is 16.3. The number of rotatable bonds is 8. The number of alkyl halides is 3. The number of carboxylic acids is 1. The average molecular weight is 492 g/mol. The van der Waals surface area contributed by atoms with Crippen molar-refractivity contribution in [1.82, 2.24) is 10.6 Å². The molecule has 0 radical (unpaired) electrons. The van der Waals surface area contributed by atoms with Crippen molar-refractivity contribution in [2.45, 2.75) is 56.8 Å². The zero-order valence-electron chi connectivity index (χ0n) is 19.5. The molecule has 2 amide bonds. The number of nitrogens with one attached hydrogen (secondary N) is 2. The highest BCUT2D eigenvalue weighted by atomic mass is 19.4. The Bertz CT molecular complexity index is 1090. The Balaban J connectivity index is 1.78. The molecule has 7 nitrogen and oxygen atoms in total. The molecule has 35 heavy (non-hydrogen) atoms. The highest BCUT2D eigenvalue weighted by Gasteiger charge is 2.59. The Morgan fingerprint density at radius 2 is 1.46 bits per heavy atom. The second-order valence-corrected chi connectivity index (χ2v) is 8.91. The molecule has 2 unspecified atom stereocenters. The van der Waals surface area contributed by atoms with E-state index in [0.29, 0.717) is 13.3 Å². The van der Waals surface area contributed by atoms with E-state index < -0.39 is 35.2 Å². The molecule has 2 aromatic carbocycles. The summed E-state index contributed by atoms with van der Waals surface area (Å²) in [5, 5.41) is 13.0. The van der Waals surface area contributed by atoms with Gasteiger partial charge in [0.2, 0.25) is 5.54 Å². The number of halogens is 3. The quantitative estimate of drug-likeness (QED) is 0.499. The van der Waals surface area contributed by atoms with Gasteiger partial charge in [-0.2, -0.15) is 13.2 Å². The van der Waals surface area contributed by atoms with Crippen molar-refractivity contribution in [3.05, 3.63) is 59.7 Å². The third-order valence-corrected chi connectivity index (χ3v) is 6.33. The van der Waals surface area contributed by atoms with Gasteiger partial charge < -0.3 is 15.2 Å². The fourth-order valence-corrected chi connectivity index (χ4v) is 4.19. The summed E-state index contributed by atoms with van der Waals surface area (Å²) in [6.45, 7) is 2.96. The third-order valence-electron chi connectivity index (χ3n) is 6.33. The summed E-state index contributed by atoms with van der Waals surface area (Å²) in [6.07, 6.45) is -6.48. The van der Waals surface area contributed by atoms with E-state index in [0.717, 1.165) is 29.2 Å². The van der Waals surface area contributed by atoms with Crippen LogP contribution in [-0.4, -0.2) is 46.9 Å². The van der Waals surface area contributed by atoms with Gasteiger partial charge in [0.05, 0.1) is 0 Å². The molecule has 0 bridgehead atoms. The lowest BCUT2D eigenvalue weighted by atomic mass is 9.92. The van der Waals surface area contributed by atoms with Crippen LogP contribution in [0.2, 0.25) is 0 Å². The molecule has 188 valence electrons. The number of carboxylic acid groups (broad SMARTS) is 1. The summed E-state index contributed by atoms with van der Waals surface area (Å²) in [7, 11) is 0. The SMILES string of the molecule is CCCC(C)(NC(=O)C(C)(NC(=O)OCC1c2ccccc2-c2ccccc21)C(F)(F)F)C(=O)O. The van der Waals surface area contributed by atoms with Crippen molar-refractivity contribution in [3.8, 4) is 11.1 Å². The predicted octanol–water partition coefficient (Wildman–Crippen LogP) is 4.61. The molecule has 10 heteroatoms. The van der Waals surface area contributed by atoms with Gasteiger partial charge in [0, 0.05) is 5.92 Å². The highest BCUT2D eigenvalue weighted by Crippen LogP contribution is 2.44. The fourth-order valence-electron chi connectivity index (χ4n) is 4.19. The lowest BCUT2D eigenvalue weighted by Crippen LogP contribution is -2.69. The highest BCUT2D eigenvalue weighted by molar-refractivity contribution is 5.94. The minimum atomic E-state index is -5.23. The zero-order chi connectivity index (χ0) is 26.0. The van der Waals surface area contributed by atoms with Crippen LogP contribution < -0.4 is 10.6 Å². The molecule has 0 aromatic heterocycles. The number of carbonyl (C=O) groups is 3. The van der Waals surface area contributed by atoms with Crippen LogP contribution in [0.15, 0.2) is 48.5 Å². The largest absolute Gasteiger partial charge is 0.480 e. The van der Waals surface area contributed by atoms with Gasteiger partial charge >= 0.3 is 18.2 Å². The monoisotopic (exact) mass is 492 g/mol. The molecule has 0 aliphatic heterocycles. The maximum atomic E-state index is 13.9. The molecule has 0 spiro atoms. The Morgan fingerprint density at radius 3 is 1.91 bits per heavy atom. The number of amides is 2. The first-order valence-corrected chi connectivity index (χ1v) is 11.1. The van der Waals surface area contributed by atoms with E-state index in [4.69, 9.17) is 4.74 Å². The van der Waals surface area contributed by atoms with Gasteiger partial charge in [-0.3, -0.25) is 10.1 Å². The lowest BCUT2D eigenvalue weighted by Gasteiger charge is -2.35. The Kier molecular flexibility index (Phi) is 7.14. The molecule has 0 saturated heterocycles. The van der Waals surface area contributed by atoms with Crippen LogP contribution in [0.5, 0.6) is 0 Å². The van der Waals surface area contributed by atoms with Crippen molar-refractivity contribution < 1.29 is 37.4 Å². The predicted molar refractivity (Wildman–Crippen MR) is 122 cm³/mol. The second-order valence-electron chi connectivity index (χ2n) is 8.91. The smallest absolute Gasteiger partial charge is 0.420 e. The van der Waals surface area contributed by atoms with E-state index in [9.17, 15) is 32.7 Å². The topological polar surface area (TPSA) is 105 Å². The molecular weight excluding hydrogens is 465 g/mol. The molecule has 0 heterocycles. The van der Waals surface area contributed by atoms with E-state index in [-0.39, 0.29) is 18.9 Å². The Labute approximate surface area is 200 Å². The van der Waals surface area contributed by atoms with Gasteiger partial charge in [0.1, 0.15) is 12.1 Å². The molecule has 3 rings (SSSR count). The van der Waals surface area contributed by atoms with Crippen LogP contribution >= 0.6 is 0 Å². The van der Waals surface area contributed by atoms with Gasteiger partial charge in [-0.05, 0) is 42.5 Å². The molecule has 3 N–H and O–H groups in total. The minimum Gasteiger partial charge on any atom is -0.480 e. The van der Waals surface area contributed by atoms with E-state index in [1.807, 2.05) is 53.8 Å². The van der Waals surface area contributed by atoms with Crippen LogP contribution in [0.1, 0.15) is 50.7 Å². The summed E-state index contributed by atoms with van der Waals surface area (Å²) in [5.74, 6) is -3.57. The van der Waals surface area contributed by atoms with Crippen LogP contribution in [-0.2, 0) is 14.3 Å². The number of fused-ring (bicyclic) bond motifs is 3. The summed E-state index contributed by atoms with van der Waals surface area (Å²) in [4.78, 5) is 36.7. The van der Waals surface area contributed by atoms with Crippen molar-refractivity contribution >= 4 is 18.0 Å². The molecule has 1 aliphatic carbocycles. The van der Waals surface area contributed by atoms with Crippen LogP contribution in [0.3, 0.4) is 0 Å². The average Bonchev–Trinajstić information content (AvgIpc) is 3.10. The van der Waals surface area contributed by atoms with Crippen molar-refractivity contribution in [2.75, 3.05) is 6.61 Å². The maximum absolute atomic E-state index is 13.9. The van der Waals surface area contributed by atoms with Gasteiger partial charge in [-0.15, -0.1) is 0 Å². The van der Waals surface area contributed by atoms with E-state index in [2.05, 4.69) is 0 Å². The molecule has 2 atom stereocenters. The summed E-state index contributed by atoms with van der Waals surface area (Å²) in [5.41, 5.74) is -1.73. The van der Waals surface area contributed by atoms with E-state index in [1.54, 1.807) is 12.2 Å². The zero-order valence-corrected chi connectivity index (χ0v) is 19.5. The summed E-state index contributed by atoms with van der Waals surface area (Å²) < 4.78 is 47.0. The normalized spacial score (nSPS) is 16.3. The van der Waals surface area contributed by atoms with Gasteiger partial charge in [-0.1, -0.05) is 61.9 Å². The molecule has 2 aromatic rings. The van der Waals surface area contributed by atoms with Crippen LogP contribution in [0, 0.1) is 0 Å². The minimum absolute atomic E-state index is 0.104. The molecular formula is C25H27F3N2O5. The Hall–Kier alpha value is -3.56. The summed E-state index contributed by atoms with van der Waals surface area (Å²) >= 11 is 0. The Morgan fingerprint density at radius 1 is 0.943 bits per heavy atom. The first kappa shape index (κ1) is 26.1. The summed E-state index contributed by atoms with van der Waals surface area (Å²) in [6, 6.07) is 14.9. The van der Waals surface area contributed by atoms with Gasteiger partial charge in [-0.25, -0.2) is 9.59 Å². The number of alkyl carbamates (subject to hydrolysis) is 1. The number of hydrogen-bond donors (Lipinski definition) is 3. The van der Waals surface area contributed by atoms with Crippen molar-refractivity contribution in [2.24, 2.45) is 0 Å². The number of benzene rings is 2. The van der Waals surface area contributed by atoms with Crippen LogP contribution in [0.25, 0.3) is 11.1 Å². The molecule has 0 fully saturated rings. The number of ether oxygens (including phenoxy) is 1. The van der Waals surface area contributed by atoms with Gasteiger partial charge in [0.25, 0.3) is 5.91 Å². The third kappa shape index (κ3) is 4.96. The van der Waals surface area contributed by atoms with Gasteiger partial charge in [0.15, 0.2) is 0 Å². The second kappa shape index (κ2) is 9.59. The van der Waals surface area contributed by atoms with Crippen molar-refractivity contribution in [3.63, 3.8) is 0 Å². The number of aliphatic carboxylic acids is 1. The van der Waals surface area contributed by atoms with Crippen LogP contribution in [0.4, 0.5) is 18.0 Å². The fraction of sp³-hybridized carbons (Fsp3) is 0.400. The molecule has 0 saturated carbocycles. The molecule has 1 aliphatic rings. The maximum Gasteiger partial charge on any atom is 0.420 e. The first-order valence-electron chi connectivity index (χ1n) is 11.1. The number of carbonyl (C=O) groups excluding carboxylic acids is 2. The van der Waals surface area contributed by atoms with E-state index in [1.165, 1.54) is 0 Å². The van der Waals surface area contributed by atoms with Crippen molar-refractivity contribution in [1.29, 1.82) is 0 Å².